The summed E-state index contributed by atoms with van der Waals surface area (Å²) in [5.41, 5.74) is 0.625. The van der Waals surface area contributed by atoms with Crippen molar-refractivity contribution in [2.45, 2.75) is 13.0 Å². The summed E-state index contributed by atoms with van der Waals surface area (Å²) in [4.78, 5) is 0. The lowest BCUT2D eigenvalue weighted by Crippen LogP contribution is -2.10. The van der Waals surface area contributed by atoms with Gasteiger partial charge in [0.25, 0.3) is 0 Å². The molecule has 0 aliphatic heterocycles. The highest BCUT2D eigenvalue weighted by Gasteiger charge is 2.01. The summed E-state index contributed by atoms with van der Waals surface area (Å²) in [6, 6.07) is 0.0114. The molecule has 0 fully saturated rings. The highest BCUT2D eigenvalue weighted by Crippen LogP contribution is 1.98. The number of hydrogen-bond donors (Lipinski definition) is 1. The van der Waals surface area contributed by atoms with Crippen LogP contribution in [-0.2, 0) is 0 Å². The molecule has 0 amide bonds. The smallest absolute Gasteiger partial charge is 0.118 e. The van der Waals surface area contributed by atoms with Crippen molar-refractivity contribution in [3.05, 3.63) is 12.4 Å². The Morgan fingerprint density at radius 3 is 3.00 bits per heavy atom. The molecule has 10 heavy (non-hydrogen) atoms. The summed E-state index contributed by atoms with van der Waals surface area (Å²) < 4.78 is 1.63. The zero-order valence-electron chi connectivity index (χ0n) is 5.86. The number of nitrogens with zero attached hydrogens (tertiary/aromatic N) is 2. The second-order valence-electron chi connectivity index (χ2n) is 2.29. The molecule has 1 aromatic rings. The number of rotatable bonds is 2. The average Bonchev–Trinajstić information content (AvgIpc) is 2.34. The van der Waals surface area contributed by atoms with E-state index in [-0.39, 0.29) is 12.6 Å². The summed E-state index contributed by atoms with van der Waals surface area (Å²) in [5.74, 6) is 0. The van der Waals surface area contributed by atoms with E-state index in [0.29, 0.717) is 5.46 Å². The van der Waals surface area contributed by atoms with E-state index < -0.39 is 0 Å². The van der Waals surface area contributed by atoms with Crippen molar-refractivity contribution in [3.63, 3.8) is 0 Å². The molecule has 1 unspecified atom stereocenters. The molecule has 0 aliphatic rings. The Balaban J connectivity index is 2.74. The van der Waals surface area contributed by atoms with Gasteiger partial charge in [-0.3, -0.25) is 4.68 Å². The highest BCUT2D eigenvalue weighted by atomic mass is 16.3. The molecule has 0 saturated heterocycles. The lowest BCUT2D eigenvalue weighted by molar-refractivity contribution is 0.230. The lowest BCUT2D eigenvalue weighted by Gasteiger charge is -2.06. The van der Waals surface area contributed by atoms with Crippen LogP contribution < -0.4 is 5.46 Å². The Morgan fingerprint density at radius 1 is 1.90 bits per heavy atom. The van der Waals surface area contributed by atoms with E-state index in [1.165, 1.54) is 0 Å². The molecule has 0 bridgehead atoms. The van der Waals surface area contributed by atoms with Gasteiger partial charge in [0.15, 0.2) is 0 Å². The number of aromatic nitrogens is 2. The molecule has 1 N–H and O–H groups in total. The quantitative estimate of drug-likeness (QED) is 0.542. The second-order valence-corrected chi connectivity index (χ2v) is 2.29. The van der Waals surface area contributed by atoms with E-state index in [1.807, 2.05) is 6.92 Å². The fraction of sp³-hybridized carbons (Fsp3) is 0.500. The number of hydrogen-bond acceptors (Lipinski definition) is 2. The Kier molecular flexibility index (Phi) is 2.11. The minimum Gasteiger partial charge on any atom is -0.394 e. The van der Waals surface area contributed by atoms with Crippen LogP contribution in [0.25, 0.3) is 0 Å². The van der Waals surface area contributed by atoms with Crippen LogP contribution in [0.4, 0.5) is 0 Å². The van der Waals surface area contributed by atoms with Crippen molar-refractivity contribution < 1.29 is 5.11 Å². The Morgan fingerprint density at radius 2 is 2.60 bits per heavy atom. The van der Waals surface area contributed by atoms with Crippen molar-refractivity contribution >= 4 is 13.3 Å². The van der Waals surface area contributed by atoms with E-state index in [9.17, 15) is 0 Å². The van der Waals surface area contributed by atoms with E-state index in [1.54, 1.807) is 17.1 Å². The molecule has 1 heterocycles. The van der Waals surface area contributed by atoms with Gasteiger partial charge in [-0.2, -0.15) is 5.10 Å². The van der Waals surface area contributed by atoms with Gasteiger partial charge in [0.05, 0.1) is 12.6 Å². The topological polar surface area (TPSA) is 38.0 Å². The number of aliphatic hydroxyl groups is 1. The maximum absolute atomic E-state index is 8.70. The van der Waals surface area contributed by atoms with Crippen molar-refractivity contribution in [1.82, 2.24) is 9.78 Å². The van der Waals surface area contributed by atoms with Gasteiger partial charge in [-0.05, 0) is 6.92 Å². The lowest BCUT2D eigenvalue weighted by atomic mass is 10.0. The molecule has 0 spiro atoms. The summed E-state index contributed by atoms with van der Waals surface area (Å²) in [6.07, 6.45) is 3.26. The third kappa shape index (κ3) is 1.39. The zero-order valence-corrected chi connectivity index (χ0v) is 5.86. The van der Waals surface area contributed by atoms with Gasteiger partial charge in [0.1, 0.15) is 7.85 Å². The standard InChI is InChI=1S/C6H9BN2O/c1-5(4-10)9-3-6(7)2-8-9/h2-3,5,10H,4H2,1H3. The van der Waals surface area contributed by atoms with Crippen LogP contribution in [0, 0.1) is 0 Å². The second kappa shape index (κ2) is 2.88. The van der Waals surface area contributed by atoms with E-state index >= 15 is 0 Å². The molecular weight excluding hydrogens is 127 g/mol. The van der Waals surface area contributed by atoms with Gasteiger partial charge in [0, 0.05) is 12.4 Å². The van der Waals surface area contributed by atoms with Gasteiger partial charge < -0.3 is 5.11 Å². The van der Waals surface area contributed by atoms with Crippen LogP contribution in [0.2, 0.25) is 0 Å². The van der Waals surface area contributed by atoms with Gasteiger partial charge in [-0.15, -0.1) is 0 Å². The van der Waals surface area contributed by atoms with Crippen LogP contribution >= 0.6 is 0 Å². The average molecular weight is 136 g/mol. The Hall–Kier alpha value is -0.765. The third-order valence-corrected chi connectivity index (χ3v) is 1.34. The zero-order chi connectivity index (χ0) is 7.56. The Labute approximate surface area is 61.1 Å². The van der Waals surface area contributed by atoms with Crippen molar-refractivity contribution in [2.24, 2.45) is 0 Å². The van der Waals surface area contributed by atoms with E-state index in [0.717, 1.165) is 0 Å². The van der Waals surface area contributed by atoms with Gasteiger partial charge >= 0.3 is 0 Å². The maximum Gasteiger partial charge on any atom is 0.118 e. The van der Waals surface area contributed by atoms with E-state index in [4.69, 9.17) is 13.0 Å². The van der Waals surface area contributed by atoms with Crippen LogP contribution in [0.5, 0.6) is 0 Å². The minimum absolute atomic E-state index is 0.0114. The van der Waals surface area contributed by atoms with Crippen LogP contribution in [0.1, 0.15) is 13.0 Å². The molecule has 4 heteroatoms. The van der Waals surface area contributed by atoms with Crippen LogP contribution in [0.3, 0.4) is 0 Å². The normalized spacial score (nSPS) is 13.4. The predicted octanol–water partition coefficient (Wildman–Crippen LogP) is -0.770. The molecule has 1 atom stereocenters. The Bertz CT molecular complexity index is 211. The molecule has 2 radical (unpaired) electrons. The summed E-state index contributed by atoms with van der Waals surface area (Å²) in [7, 11) is 5.41. The molecule has 0 saturated carbocycles. The minimum atomic E-state index is 0.0114. The molecular formula is C6H9BN2O. The first-order chi connectivity index (χ1) is 4.74. The SMILES string of the molecule is [B]c1cnn(C(C)CO)c1. The van der Waals surface area contributed by atoms with Gasteiger partial charge in [-0.1, -0.05) is 5.46 Å². The summed E-state index contributed by atoms with van der Waals surface area (Å²) in [6.45, 7) is 1.95. The van der Waals surface area contributed by atoms with Crippen LogP contribution in [-0.4, -0.2) is 29.3 Å². The molecule has 1 aromatic heterocycles. The number of aliphatic hydroxyl groups excluding tert-OH is 1. The summed E-state index contributed by atoms with van der Waals surface area (Å²) >= 11 is 0. The molecule has 52 valence electrons. The molecule has 0 aromatic carbocycles. The highest BCUT2D eigenvalue weighted by molar-refractivity contribution is 6.31. The largest absolute Gasteiger partial charge is 0.394 e. The third-order valence-electron chi connectivity index (χ3n) is 1.34. The van der Waals surface area contributed by atoms with Crippen molar-refractivity contribution in [2.75, 3.05) is 6.61 Å². The molecule has 1 rings (SSSR count). The summed E-state index contributed by atoms with van der Waals surface area (Å²) in [5, 5.41) is 12.6. The first-order valence-corrected chi connectivity index (χ1v) is 3.14. The first-order valence-electron chi connectivity index (χ1n) is 3.14. The maximum atomic E-state index is 8.70. The van der Waals surface area contributed by atoms with E-state index in [2.05, 4.69) is 5.10 Å². The molecule has 3 nitrogen and oxygen atoms in total. The first kappa shape index (κ1) is 7.34. The fourth-order valence-corrected chi connectivity index (χ4v) is 0.677. The van der Waals surface area contributed by atoms with Gasteiger partial charge in [0.2, 0.25) is 0 Å². The monoisotopic (exact) mass is 136 g/mol. The van der Waals surface area contributed by atoms with Crippen molar-refractivity contribution in [1.29, 1.82) is 0 Å². The van der Waals surface area contributed by atoms with Crippen LogP contribution in [0.15, 0.2) is 12.4 Å². The fourth-order valence-electron chi connectivity index (χ4n) is 0.677. The van der Waals surface area contributed by atoms with Gasteiger partial charge in [-0.25, -0.2) is 0 Å². The van der Waals surface area contributed by atoms with Crippen molar-refractivity contribution in [3.8, 4) is 0 Å². The predicted molar refractivity (Wildman–Crippen MR) is 39.4 cm³/mol. The molecule has 0 aliphatic carbocycles.